The summed E-state index contributed by atoms with van der Waals surface area (Å²) in [5, 5.41) is 0. The molecular weight excluding hydrogens is 262 g/mol. The molecule has 2 N–H and O–H groups in total. The van der Waals surface area contributed by atoms with Crippen LogP contribution in [-0.4, -0.2) is 24.2 Å². The Kier molecular flexibility index (Phi) is 3.64. The van der Waals surface area contributed by atoms with Gasteiger partial charge in [0.1, 0.15) is 5.82 Å². The summed E-state index contributed by atoms with van der Waals surface area (Å²) in [6, 6.07) is 4.87. The molecule has 1 aromatic heterocycles. The van der Waals surface area contributed by atoms with Crippen LogP contribution in [0.5, 0.6) is 0 Å². The van der Waals surface area contributed by atoms with Gasteiger partial charge in [-0.1, -0.05) is 13.3 Å². The summed E-state index contributed by atoms with van der Waals surface area (Å²) in [7, 11) is -1.31. The van der Waals surface area contributed by atoms with Gasteiger partial charge in [0.05, 0.1) is 22.0 Å². The van der Waals surface area contributed by atoms with Crippen LogP contribution in [0, 0.1) is 0 Å². The Morgan fingerprint density at radius 2 is 2.11 bits per heavy atom. The zero-order valence-corrected chi connectivity index (χ0v) is 12.2. The molecule has 0 aliphatic rings. The van der Waals surface area contributed by atoms with E-state index in [1.165, 1.54) is 6.26 Å². The molecule has 1 aromatic carbocycles. The van der Waals surface area contributed by atoms with Gasteiger partial charge in [-0.3, -0.25) is 0 Å². The molecule has 0 fully saturated rings. The maximum Gasteiger partial charge on any atom is 0.175 e. The summed E-state index contributed by atoms with van der Waals surface area (Å²) in [5.41, 5.74) is 7.66. The predicted octanol–water partition coefficient (Wildman–Crippen LogP) is 1.78. The maximum absolute atomic E-state index is 11.5. The molecule has 2 aromatic rings. The Morgan fingerprint density at radius 1 is 1.42 bits per heavy atom. The van der Waals surface area contributed by atoms with E-state index in [2.05, 4.69) is 11.9 Å². The van der Waals surface area contributed by atoms with E-state index in [9.17, 15) is 8.42 Å². The van der Waals surface area contributed by atoms with Crippen LogP contribution in [0.1, 0.15) is 31.6 Å². The number of rotatable bonds is 4. The number of sulfone groups is 1. The fraction of sp³-hybridized carbons (Fsp3) is 0.462. The second kappa shape index (κ2) is 4.94. The van der Waals surface area contributed by atoms with E-state index in [-0.39, 0.29) is 10.9 Å². The maximum atomic E-state index is 11.5. The zero-order valence-electron chi connectivity index (χ0n) is 11.4. The fourth-order valence-electron chi connectivity index (χ4n) is 2.20. The summed E-state index contributed by atoms with van der Waals surface area (Å²) in [4.78, 5) is 4.76. The van der Waals surface area contributed by atoms with E-state index in [1.807, 2.05) is 11.6 Å². The van der Waals surface area contributed by atoms with Crippen molar-refractivity contribution in [2.45, 2.75) is 30.7 Å². The summed E-state index contributed by atoms with van der Waals surface area (Å²) < 4.78 is 25.0. The van der Waals surface area contributed by atoms with Gasteiger partial charge in [-0.05, 0) is 24.6 Å². The Morgan fingerprint density at radius 3 is 2.68 bits per heavy atom. The van der Waals surface area contributed by atoms with Crippen molar-refractivity contribution in [2.24, 2.45) is 12.8 Å². The lowest BCUT2D eigenvalue weighted by Gasteiger charge is -2.09. The number of aromatic nitrogens is 2. The first-order valence-electron chi connectivity index (χ1n) is 6.26. The minimum atomic E-state index is -3.21. The van der Waals surface area contributed by atoms with Crippen molar-refractivity contribution in [2.75, 3.05) is 6.26 Å². The van der Waals surface area contributed by atoms with Crippen molar-refractivity contribution >= 4 is 20.9 Å². The van der Waals surface area contributed by atoms with Gasteiger partial charge in [-0.2, -0.15) is 0 Å². The van der Waals surface area contributed by atoms with Crippen LogP contribution in [0.4, 0.5) is 0 Å². The minimum Gasteiger partial charge on any atom is -0.330 e. The average Bonchev–Trinajstić information content (AvgIpc) is 2.66. The largest absolute Gasteiger partial charge is 0.330 e. The van der Waals surface area contributed by atoms with Crippen LogP contribution in [0.2, 0.25) is 0 Å². The molecule has 0 bridgehead atoms. The molecule has 104 valence electrons. The molecule has 0 amide bonds. The SMILES string of the molecule is CCCC(N)c1nc2cc(S(C)(=O)=O)ccc2n1C. The molecule has 0 spiro atoms. The predicted molar refractivity (Wildman–Crippen MR) is 75.7 cm³/mol. The highest BCUT2D eigenvalue weighted by molar-refractivity contribution is 7.90. The van der Waals surface area contributed by atoms with Crippen LogP contribution in [-0.2, 0) is 16.9 Å². The number of hydrogen-bond donors (Lipinski definition) is 1. The number of aryl methyl sites for hydroxylation is 1. The molecule has 0 radical (unpaired) electrons. The lowest BCUT2D eigenvalue weighted by atomic mass is 10.2. The van der Waals surface area contributed by atoms with E-state index < -0.39 is 9.84 Å². The van der Waals surface area contributed by atoms with E-state index in [0.29, 0.717) is 5.52 Å². The highest BCUT2D eigenvalue weighted by Crippen LogP contribution is 2.23. The van der Waals surface area contributed by atoms with Crippen LogP contribution < -0.4 is 5.73 Å². The molecular formula is C13H19N3O2S. The Bertz CT molecular complexity index is 704. The molecule has 0 saturated heterocycles. The zero-order chi connectivity index (χ0) is 14.2. The summed E-state index contributed by atoms with van der Waals surface area (Å²) in [6.45, 7) is 2.07. The topological polar surface area (TPSA) is 78.0 Å². The van der Waals surface area contributed by atoms with Gasteiger partial charge in [-0.15, -0.1) is 0 Å². The minimum absolute atomic E-state index is 0.121. The Balaban J connectivity index is 2.57. The van der Waals surface area contributed by atoms with Crippen LogP contribution in [0.15, 0.2) is 23.1 Å². The third kappa shape index (κ3) is 2.64. The molecule has 5 nitrogen and oxygen atoms in total. The standard InChI is InChI=1S/C13H19N3O2S/c1-4-5-10(14)13-15-11-8-9(19(3,17)18)6-7-12(11)16(13)2/h6-8,10H,4-5,14H2,1-3H3. The first kappa shape index (κ1) is 14.0. The van der Waals surface area contributed by atoms with Crippen LogP contribution in [0.3, 0.4) is 0 Å². The summed E-state index contributed by atoms with van der Waals surface area (Å²) in [6.07, 6.45) is 3.04. The van der Waals surface area contributed by atoms with Crippen molar-refractivity contribution < 1.29 is 8.42 Å². The Hall–Kier alpha value is -1.40. The molecule has 0 aliphatic carbocycles. The van der Waals surface area contributed by atoms with Gasteiger partial charge in [0.2, 0.25) is 0 Å². The van der Waals surface area contributed by atoms with Crippen molar-refractivity contribution in [3.8, 4) is 0 Å². The molecule has 2 rings (SSSR count). The number of nitrogens with two attached hydrogens (primary N) is 1. The highest BCUT2D eigenvalue weighted by atomic mass is 32.2. The molecule has 1 heterocycles. The Labute approximate surface area is 113 Å². The number of fused-ring (bicyclic) bond motifs is 1. The first-order valence-corrected chi connectivity index (χ1v) is 8.15. The van der Waals surface area contributed by atoms with E-state index in [4.69, 9.17) is 5.73 Å². The lowest BCUT2D eigenvalue weighted by Crippen LogP contribution is -2.14. The molecule has 0 saturated carbocycles. The normalized spacial score (nSPS) is 13.9. The van der Waals surface area contributed by atoms with Crippen LogP contribution >= 0.6 is 0 Å². The number of hydrogen-bond acceptors (Lipinski definition) is 4. The molecule has 6 heteroatoms. The molecule has 19 heavy (non-hydrogen) atoms. The van der Waals surface area contributed by atoms with Gasteiger partial charge in [0.25, 0.3) is 0 Å². The highest BCUT2D eigenvalue weighted by Gasteiger charge is 2.16. The van der Waals surface area contributed by atoms with E-state index in [1.54, 1.807) is 18.2 Å². The third-order valence-electron chi connectivity index (χ3n) is 3.25. The fourth-order valence-corrected chi connectivity index (χ4v) is 2.84. The van der Waals surface area contributed by atoms with Crippen molar-refractivity contribution in [1.82, 2.24) is 9.55 Å². The van der Waals surface area contributed by atoms with Gasteiger partial charge >= 0.3 is 0 Å². The lowest BCUT2D eigenvalue weighted by molar-refractivity contribution is 0.584. The van der Waals surface area contributed by atoms with Crippen LogP contribution in [0.25, 0.3) is 11.0 Å². The average molecular weight is 281 g/mol. The van der Waals surface area contributed by atoms with Gasteiger partial charge in [0.15, 0.2) is 9.84 Å². The molecule has 1 unspecified atom stereocenters. The van der Waals surface area contributed by atoms with Crippen molar-refractivity contribution in [3.63, 3.8) is 0 Å². The molecule has 0 aliphatic heterocycles. The van der Waals surface area contributed by atoms with Crippen molar-refractivity contribution in [3.05, 3.63) is 24.0 Å². The number of imidazole rings is 1. The van der Waals surface area contributed by atoms with E-state index in [0.717, 1.165) is 24.2 Å². The first-order chi connectivity index (χ1) is 8.84. The second-order valence-electron chi connectivity index (χ2n) is 4.85. The van der Waals surface area contributed by atoms with Gasteiger partial charge < -0.3 is 10.3 Å². The number of nitrogens with zero attached hydrogens (tertiary/aromatic N) is 2. The third-order valence-corrected chi connectivity index (χ3v) is 4.36. The van der Waals surface area contributed by atoms with Gasteiger partial charge in [0, 0.05) is 13.3 Å². The quantitative estimate of drug-likeness (QED) is 0.926. The van der Waals surface area contributed by atoms with E-state index >= 15 is 0 Å². The van der Waals surface area contributed by atoms with Crippen molar-refractivity contribution in [1.29, 1.82) is 0 Å². The monoisotopic (exact) mass is 281 g/mol. The number of benzene rings is 1. The molecule has 1 atom stereocenters. The summed E-state index contributed by atoms with van der Waals surface area (Å²) >= 11 is 0. The summed E-state index contributed by atoms with van der Waals surface area (Å²) in [5.74, 6) is 0.794. The second-order valence-corrected chi connectivity index (χ2v) is 6.86. The van der Waals surface area contributed by atoms with Gasteiger partial charge in [-0.25, -0.2) is 13.4 Å². The smallest absolute Gasteiger partial charge is 0.175 e.